The summed E-state index contributed by atoms with van der Waals surface area (Å²) in [5, 5.41) is 9.02. The van der Waals surface area contributed by atoms with Gasteiger partial charge in [0.15, 0.2) is 0 Å². The minimum absolute atomic E-state index is 0.0144. The fourth-order valence-electron chi connectivity index (χ4n) is 5.05. The maximum Gasteiger partial charge on any atom is 0.303 e. The van der Waals surface area contributed by atoms with Crippen molar-refractivity contribution in [2.24, 2.45) is 23.0 Å². The van der Waals surface area contributed by atoms with E-state index in [4.69, 9.17) is 10.8 Å². The second kappa shape index (κ2) is 2.76. The highest BCUT2D eigenvalue weighted by Crippen LogP contribution is 2.61. The molecule has 0 heterocycles. The largest absolute Gasteiger partial charge is 0.481 e. The SMILES string of the molecule is NC12C[C@@H]3C[C@@H](C1)CC(CC(=O)O)(C3)C2. The first-order valence-electron chi connectivity index (χ1n) is 5.99. The third-order valence-electron chi connectivity index (χ3n) is 4.75. The summed E-state index contributed by atoms with van der Waals surface area (Å²) < 4.78 is 0. The summed E-state index contributed by atoms with van der Waals surface area (Å²) >= 11 is 0. The Bertz CT molecular complexity index is 299. The fraction of sp³-hybridized carbons (Fsp3) is 0.917. The maximum atomic E-state index is 10.9. The lowest BCUT2D eigenvalue weighted by molar-refractivity contribution is -0.146. The lowest BCUT2D eigenvalue weighted by Gasteiger charge is -2.60. The average Bonchev–Trinajstić information content (AvgIpc) is 1.94. The predicted molar refractivity (Wildman–Crippen MR) is 56.3 cm³/mol. The Labute approximate surface area is 90.0 Å². The molecule has 4 rings (SSSR count). The van der Waals surface area contributed by atoms with Gasteiger partial charge in [-0.05, 0) is 55.8 Å². The molecule has 15 heavy (non-hydrogen) atoms. The predicted octanol–water partition coefficient (Wildman–Crippen LogP) is 1.76. The molecule has 0 unspecified atom stereocenters. The molecule has 3 nitrogen and oxygen atoms in total. The third-order valence-corrected chi connectivity index (χ3v) is 4.75. The first-order valence-corrected chi connectivity index (χ1v) is 5.99. The third kappa shape index (κ3) is 1.48. The molecule has 0 amide bonds. The van der Waals surface area contributed by atoms with Crippen molar-refractivity contribution >= 4 is 5.97 Å². The Balaban J connectivity index is 1.89. The quantitative estimate of drug-likeness (QED) is 0.728. The molecule has 0 aromatic rings. The Morgan fingerprint density at radius 3 is 2.33 bits per heavy atom. The van der Waals surface area contributed by atoms with Gasteiger partial charge in [0.1, 0.15) is 0 Å². The van der Waals surface area contributed by atoms with Gasteiger partial charge in [0.2, 0.25) is 0 Å². The maximum absolute atomic E-state index is 10.9. The number of hydrogen-bond acceptors (Lipinski definition) is 2. The van der Waals surface area contributed by atoms with E-state index in [1.807, 2.05) is 0 Å². The lowest BCUT2D eigenvalue weighted by Crippen LogP contribution is -2.60. The van der Waals surface area contributed by atoms with E-state index in [0.29, 0.717) is 6.42 Å². The van der Waals surface area contributed by atoms with E-state index in [1.54, 1.807) is 0 Å². The minimum atomic E-state index is -0.638. The summed E-state index contributed by atoms with van der Waals surface area (Å²) in [6, 6.07) is 0. The summed E-state index contributed by atoms with van der Waals surface area (Å²) in [5.41, 5.74) is 6.43. The molecule has 2 atom stereocenters. The van der Waals surface area contributed by atoms with Gasteiger partial charge in [0.05, 0.1) is 6.42 Å². The molecule has 4 aliphatic rings. The van der Waals surface area contributed by atoms with Crippen molar-refractivity contribution in [3.8, 4) is 0 Å². The van der Waals surface area contributed by atoms with Crippen molar-refractivity contribution in [1.82, 2.24) is 0 Å². The van der Waals surface area contributed by atoms with Crippen LogP contribution in [0, 0.1) is 17.3 Å². The zero-order valence-electron chi connectivity index (χ0n) is 9.04. The van der Waals surface area contributed by atoms with E-state index in [9.17, 15) is 4.79 Å². The molecule has 4 aliphatic carbocycles. The average molecular weight is 209 g/mol. The van der Waals surface area contributed by atoms with Gasteiger partial charge in [-0.1, -0.05) is 0 Å². The van der Waals surface area contributed by atoms with E-state index in [-0.39, 0.29) is 11.0 Å². The summed E-state index contributed by atoms with van der Waals surface area (Å²) in [6.45, 7) is 0. The molecule has 0 radical (unpaired) electrons. The van der Waals surface area contributed by atoms with Crippen LogP contribution < -0.4 is 5.73 Å². The monoisotopic (exact) mass is 209 g/mol. The number of carboxylic acids is 1. The Morgan fingerprint density at radius 1 is 1.27 bits per heavy atom. The zero-order valence-corrected chi connectivity index (χ0v) is 9.04. The normalized spacial score (nSPS) is 52.1. The van der Waals surface area contributed by atoms with E-state index in [0.717, 1.165) is 43.9 Å². The summed E-state index contributed by atoms with van der Waals surface area (Å²) in [6.07, 6.45) is 7.14. The highest BCUT2D eigenvalue weighted by Gasteiger charge is 2.56. The number of hydrogen-bond donors (Lipinski definition) is 2. The van der Waals surface area contributed by atoms with Crippen molar-refractivity contribution in [3.63, 3.8) is 0 Å². The van der Waals surface area contributed by atoms with Crippen LogP contribution in [0.3, 0.4) is 0 Å². The molecule has 3 heteroatoms. The van der Waals surface area contributed by atoms with Crippen molar-refractivity contribution in [2.45, 2.75) is 50.5 Å². The van der Waals surface area contributed by atoms with Gasteiger partial charge in [0, 0.05) is 5.54 Å². The van der Waals surface area contributed by atoms with Crippen LogP contribution in [0.2, 0.25) is 0 Å². The smallest absolute Gasteiger partial charge is 0.303 e. The first kappa shape index (κ1) is 9.64. The number of carboxylic acid groups (broad SMARTS) is 1. The molecule has 84 valence electrons. The topological polar surface area (TPSA) is 63.3 Å². The van der Waals surface area contributed by atoms with Crippen molar-refractivity contribution in [2.75, 3.05) is 0 Å². The Hall–Kier alpha value is -0.570. The molecule has 0 aromatic carbocycles. The summed E-state index contributed by atoms with van der Waals surface area (Å²) in [4.78, 5) is 10.9. The molecule has 4 saturated carbocycles. The lowest BCUT2D eigenvalue weighted by atomic mass is 9.46. The van der Waals surface area contributed by atoms with Crippen LogP contribution in [0.5, 0.6) is 0 Å². The second-order valence-corrected chi connectivity index (χ2v) is 6.39. The van der Waals surface area contributed by atoms with Gasteiger partial charge in [0.25, 0.3) is 0 Å². The molecule has 3 N–H and O–H groups in total. The molecule has 4 fully saturated rings. The van der Waals surface area contributed by atoms with E-state index in [2.05, 4.69) is 0 Å². The number of rotatable bonds is 2. The first-order chi connectivity index (χ1) is 6.99. The van der Waals surface area contributed by atoms with Crippen LogP contribution in [0.1, 0.15) is 44.9 Å². The van der Waals surface area contributed by atoms with Gasteiger partial charge < -0.3 is 10.8 Å². The van der Waals surface area contributed by atoms with Crippen molar-refractivity contribution in [3.05, 3.63) is 0 Å². The second-order valence-electron chi connectivity index (χ2n) is 6.39. The molecule has 0 spiro atoms. The van der Waals surface area contributed by atoms with Gasteiger partial charge in [-0.2, -0.15) is 0 Å². The number of nitrogens with two attached hydrogens (primary N) is 1. The number of carbonyl (C=O) groups is 1. The van der Waals surface area contributed by atoms with Gasteiger partial charge in [-0.25, -0.2) is 0 Å². The molecular weight excluding hydrogens is 190 g/mol. The number of aliphatic carboxylic acids is 1. The minimum Gasteiger partial charge on any atom is -0.481 e. The van der Waals surface area contributed by atoms with Crippen molar-refractivity contribution < 1.29 is 9.90 Å². The molecule has 4 bridgehead atoms. The standard InChI is InChI=1S/C12H19NO2/c13-12-4-8-1-9(5-12)3-11(2-8,7-12)6-10(14)15/h8-9H,1-7,13H2,(H,14,15)/t8-,9-,11?,12?/m1/s1. The molecule has 0 aliphatic heterocycles. The summed E-state index contributed by atoms with van der Waals surface area (Å²) in [5.74, 6) is 0.798. The van der Waals surface area contributed by atoms with Gasteiger partial charge in [-0.15, -0.1) is 0 Å². The van der Waals surface area contributed by atoms with Crippen LogP contribution in [-0.4, -0.2) is 16.6 Å². The fourth-order valence-corrected chi connectivity index (χ4v) is 5.05. The van der Waals surface area contributed by atoms with Gasteiger partial charge in [-0.3, -0.25) is 4.79 Å². The Morgan fingerprint density at radius 2 is 1.87 bits per heavy atom. The summed E-state index contributed by atoms with van der Waals surface area (Å²) in [7, 11) is 0. The van der Waals surface area contributed by atoms with E-state index < -0.39 is 5.97 Å². The van der Waals surface area contributed by atoms with Crippen LogP contribution in [0.4, 0.5) is 0 Å². The zero-order chi connectivity index (χ0) is 10.7. The van der Waals surface area contributed by atoms with Crippen LogP contribution >= 0.6 is 0 Å². The highest BCUT2D eigenvalue weighted by atomic mass is 16.4. The molecule has 0 aromatic heterocycles. The van der Waals surface area contributed by atoms with Crippen LogP contribution in [0.25, 0.3) is 0 Å². The van der Waals surface area contributed by atoms with E-state index >= 15 is 0 Å². The van der Waals surface area contributed by atoms with Crippen LogP contribution in [-0.2, 0) is 4.79 Å². The highest BCUT2D eigenvalue weighted by molar-refractivity contribution is 5.67. The van der Waals surface area contributed by atoms with Crippen molar-refractivity contribution in [1.29, 1.82) is 0 Å². The van der Waals surface area contributed by atoms with Gasteiger partial charge >= 0.3 is 5.97 Å². The molecule has 0 saturated heterocycles. The Kier molecular flexibility index (Phi) is 1.77. The van der Waals surface area contributed by atoms with E-state index in [1.165, 1.54) is 6.42 Å². The van der Waals surface area contributed by atoms with Crippen LogP contribution in [0.15, 0.2) is 0 Å². The molecular formula is C12H19NO2.